The van der Waals surface area contributed by atoms with Crippen LogP contribution in [0.2, 0.25) is 0 Å². The third-order valence-electron chi connectivity index (χ3n) is 1.78. The third-order valence-corrected chi connectivity index (χ3v) is 3.28. The second kappa shape index (κ2) is 3.58. The number of methoxy groups -OCH3 is 2. The molecule has 0 fully saturated rings. The van der Waals surface area contributed by atoms with Crippen LogP contribution >= 0.6 is 11.3 Å². The van der Waals surface area contributed by atoms with E-state index in [-0.39, 0.29) is 5.41 Å². The van der Waals surface area contributed by atoms with E-state index in [1.807, 2.05) is 6.07 Å². The van der Waals surface area contributed by atoms with Crippen molar-refractivity contribution in [1.82, 2.24) is 0 Å². The van der Waals surface area contributed by atoms with Crippen molar-refractivity contribution in [2.24, 2.45) is 0 Å². The second-order valence-electron chi connectivity index (χ2n) is 3.92. The van der Waals surface area contributed by atoms with Gasteiger partial charge in [0.1, 0.15) is 5.75 Å². The maximum absolute atomic E-state index is 5.28. The van der Waals surface area contributed by atoms with Gasteiger partial charge in [-0.25, -0.2) is 0 Å². The molecule has 0 spiro atoms. The molecule has 0 saturated heterocycles. The number of rotatable bonds is 2. The molecular weight excluding hydrogens is 184 g/mol. The Hall–Kier alpha value is -0.700. The molecule has 1 aromatic rings. The number of ether oxygens (including phenoxy) is 2. The van der Waals surface area contributed by atoms with E-state index in [1.165, 1.54) is 4.88 Å². The highest BCUT2D eigenvalue weighted by Crippen LogP contribution is 2.42. The quantitative estimate of drug-likeness (QED) is 0.730. The first kappa shape index (κ1) is 10.4. The van der Waals surface area contributed by atoms with Gasteiger partial charge in [0.25, 0.3) is 0 Å². The first-order valence-electron chi connectivity index (χ1n) is 4.21. The molecule has 0 bridgehead atoms. The molecule has 74 valence electrons. The summed E-state index contributed by atoms with van der Waals surface area (Å²) in [6, 6.07) is 1.94. The van der Waals surface area contributed by atoms with E-state index in [0.29, 0.717) is 0 Å². The molecule has 0 aliphatic rings. The zero-order chi connectivity index (χ0) is 10.1. The minimum Gasteiger partial charge on any atom is -0.495 e. The van der Waals surface area contributed by atoms with Crippen LogP contribution in [0.25, 0.3) is 0 Å². The van der Waals surface area contributed by atoms with Crippen LogP contribution in [0.1, 0.15) is 25.6 Å². The Labute approximate surface area is 83.5 Å². The molecule has 0 aromatic carbocycles. The molecule has 3 heteroatoms. The van der Waals surface area contributed by atoms with E-state index in [2.05, 4.69) is 20.8 Å². The van der Waals surface area contributed by atoms with Crippen molar-refractivity contribution in [2.75, 3.05) is 14.2 Å². The highest BCUT2D eigenvalue weighted by molar-refractivity contribution is 7.14. The maximum Gasteiger partial charge on any atom is 0.177 e. The van der Waals surface area contributed by atoms with Crippen molar-refractivity contribution in [3.05, 3.63) is 10.9 Å². The Balaban J connectivity index is 3.11. The molecule has 1 heterocycles. The van der Waals surface area contributed by atoms with Crippen LogP contribution in [0.15, 0.2) is 6.07 Å². The Morgan fingerprint density at radius 3 is 2.08 bits per heavy atom. The minimum atomic E-state index is 0.118. The van der Waals surface area contributed by atoms with E-state index >= 15 is 0 Å². The summed E-state index contributed by atoms with van der Waals surface area (Å²) >= 11 is 1.64. The Bertz CT molecular complexity index is 284. The topological polar surface area (TPSA) is 18.5 Å². The molecule has 0 aliphatic carbocycles. The lowest BCUT2D eigenvalue weighted by Crippen LogP contribution is -2.09. The lowest BCUT2D eigenvalue weighted by atomic mass is 9.94. The van der Waals surface area contributed by atoms with Crippen molar-refractivity contribution in [3.8, 4) is 10.8 Å². The molecule has 0 aliphatic heterocycles. The van der Waals surface area contributed by atoms with Crippen LogP contribution in [0.5, 0.6) is 10.8 Å². The fraction of sp³-hybridized carbons (Fsp3) is 0.600. The predicted molar refractivity (Wildman–Crippen MR) is 56.1 cm³/mol. The van der Waals surface area contributed by atoms with Gasteiger partial charge in [-0.15, -0.1) is 0 Å². The number of thiophene rings is 1. The first-order valence-corrected chi connectivity index (χ1v) is 5.03. The molecule has 0 amide bonds. The lowest BCUT2D eigenvalue weighted by Gasteiger charge is -2.17. The van der Waals surface area contributed by atoms with Crippen LogP contribution in [0, 0.1) is 0 Å². The number of hydrogen-bond donors (Lipinski definition) is 0. The molecule has 0 saturated carbocycles. The molecule has 0 N–H and O–H groups in total. The van der Waals surface area contributed by atoms with E-state index in [1.54, 1.807) is 25.6 Å². The first-order chi connectivity index (χ1) is 5.99. The molecule has 0 unspecified atom stereocenters. The normalized spacial score (nSPS) is 11.5. The van der Waals surface area contributed by atoms with E-state index in [0.717, 1.165) is 10.8 Å². The zero-order valence-electron chi connectivity index (χ0n) is 8.80. The van der Waals surface area contributed by atoms with E-state index < -0.39 is 0 Å². The third kappa shape index (κ3) is 2.15. The summed E-state index contributed by atoms with van der Waals surface area (Å²) < 4.78 is 10.5. The van der Waals surface area contributed by atoms with E-state index in [9.17, 15) is 0 Å². The Morgan fingerprint density at radius 1 is 1.15 bits per heavy atom. The summed E-state index contributed by atoms with van der Waals surface area (Å²) in [5.41, 5.74) is 0.118. The fourth-order valence-corrected chi connectivity index (χ4v) is 2.13. The van der Waals surface area contributed by atoms with Gasteiger partial charge in [-0.2, -0.15) is 0 Å². The van der Waals surface area contributed by atoms with Gasteiger partial charge in [0.2, 0.25) is 0 Å². The van der Waals surface area contributed by atoms with Crippen LogP contribution in [0.3, 0.4) is 0 Å². The van der Waals surface area contributed by atoms with Crippen molar-refractivity contribution < 1.29 is 9.47 Å². The van der Waals surface area contributed by atoms with Crippen LogP contribution in [-0.2, 0) is 5.41 Å². The summed E-state index contributed by atoms with van der Waals surface area (Å²) in [4.78, 5) is 1.23. The van der Waals surface area contributed by atoms with Gasteiger partial charge in [-0.1, -0.05) is 32.1 Å². The minimum absolute atomic E-state index is 0.118. The molecule has 2 nitrogen and oxygen atoms in total. The standard InChI is InChI=1S/C10H16O2S/c1-10(2,3)9-7(11-4)6-8(12-5)13-9/h6H,1-5H3. The van der Waals surface area contributed by atoms with Gasteiger partial charge in [-0.05, 0) is 0 Å². The fourth-order valence-electron chi connectivity index (χ4n) is 1.13. The molecule has 0 atom stereocenters. The molecular formula is C10H16O2S. The number of hydrogen-bond acceptors (Lipinski definition) is 3. The van der Waals surface area contributed by atoms with Gasteiger partial charge >= 0.3 is 0 Å². The smallest absolute Gasteiger partial charge is 0.177 e. The Kier molecular flexibility index (Phi) is 2.86. The molecule has 1 aromatic heterocycles. The second-order valence-corrected chi connectivity index (χ2v) is 4.93. The highest BCUT2D eigenvalue weighted by Gasteiger charge is 2.22. The van der Waals surface area contributed by atoms with Crippen molar-refractivity contribution >= 4 is 11.3 Å². The molecule has 0 radical (unpaired) electrons. The van der Waals surface area contributed by atoms with E-state index in [4.69, 9.17) is 9.47 Å². The monoisotopic (exact) mass is 200 g/mol. The molecule has 13 heavy (non-hydrogen) atoms. The average molecular weight is 200 g/mol. The summed E-state index contributed by atoms with van der Waals surface area (Å²) in [7, 11) is 3.37. The average Bonchev–Trinajstić information content (AvgIpc) is 2.46. The summed E-state index contributed by atoms with van der Waals surface area (Å²) in [6.45, 7) is 6.50. The maximum atomic E-state index is 5.28. The Morgan fingerprint density at radius 2 is 1.77 bits per heavy atom. The summed E-state index contributed by atoms with van der Waals surface area (Å²) in [5, 5.41) is 0.904. The highest BCUT2D eigenvalue weighted by atomic mass is 32.1. The SMILES string of the molecule is COc1cc(OC)c(C(C)(C)C)s1. The van der Waals surface area contributed by atoms with Crippen molar-refractivity contribution in [1.29, 1.82) is 0 Å². The predicted octanol–water partition coefficient (Wildman–Crippen LogP) is 3.06. The zero-order valence-corrected chi connectivity index (χ0v) is 9.62. The summed E-state index contributed by atoms with van der Waals surface area (Å²) in [6.07, 6.45) is 0. The van der Waals surface area contributed by atoms with Crippen LogP contribution in [-0.4, -0.2) is 14.2 Å². The van der Waals surface area contributed by atoms with Gasteiger partial charge in [-0.3, -0.25) is 0 Å². The van der Waals surface area contributed by atoms with Crippen molar-refractivity contribution in [3.63, 3.8) is 0 Å². The van der Waals surface area contributed by atoms with Gasteiger partial charge in [0, 0.05) is 11.5 Å². The van der Waals surface area contributed by atoms with Gasteiger partial charge in [0.15, 0.2) is 5.06 Å². The van der Waals surface area contributed by atoms with Gasteiger partial charge in [0.05, 0.1) is 19.1 Å². The largest absolute Gasteiger partial charge is 0.495 e. The van der Waals surface area contributed by atoms with Crippen molar-refractivity contribution in [2.45, 2.75) is 26.2 Å². The molecule has 1 rings (SSSR count). The van der Waals surface area contributed by atoms with Crippen LogP contribution < -0.4 is 9.47 Å². The van der Waals surface area contributed by atoms with Gasteiger partial charge < -0.3 is 9.47 Å². The lowest BCUT2D eigenvalue weighted by molar-refractivity contribution is 0.396. The van der Waals surface area contributed by atoms with Crippen LogP contribution in [0.4, 0.5) is 0 Å². The summed E-state index contributed by atoms with van der Waals surface area (Å²) in [5.74, 6) is 0.925.